The smallest absolute Gasteiger partial charge is 0.225 e. The summed E-state index contributed by atoms with van der Waals surface area (Å²) in [6, 6.07) is 8.49. The first-order chi connectivity index (χ1) is 19.6. The normalized spacial score (nSPS) is 15.8. The molecule has 0 bridgehead atoms. The highest BCUT2D eigenvalue weighted by Crippen LogP contribution is 2.38. The number of hydrogen-bond acceptors (Lipinski definition) is 9. The lowest BCUT2D eigenvalue weighted by molar-refractivity contribution is 0.395. The van der Waals surface area contributed by atoms with E-state index < -0.39 is 0 Å². The van der Waals surface area contributed by atoms with Crippen molar-refractivity contribution in [2.45, 2.75) is 18.9 Å². The van der Waals surface area contributed by atoms with E-state index in [2.05, 4.69) is 38.3 Å². The van der Waals surface area contributed by atoms with Crippen LogP contribution in [0.4, 0.5) is 17.3 Å². The molecule has 226 valence electrons. The van der Waals surface area contributed by atoms with E-state index in [1.54, 1.807) is 20.3 Å². The molecule has 10 nitrogen and oxygen atoms in total. The summed E-state index contributed by atoms with van der Waals surface area (Å²) in [4.78, 5) is 21.3. The predicted octanol–water partition coefficient (Wildman–Crippen LogP) is 4.82. The fourth-order valence-corrected chi connectivity index (χ4v) is 5.83. The molecule has 2 aliphatic heterocycles. The molecule has 0 amide bonds. The van der Waals surface area contributed by atoms with Gasteiger partial charge in [0.05, 0.1) is 43.0 Å². The number of methoxy groups -OCH3 is 2. The van der Waals surface area contributed by atoms with Crippen LogP contribution in [0.5, 0.6) is 11.5 Å². The largest absolute Gasteiger partial charge is 0.496 e. The van der Waals surface area contributed by atoms with Gasteiger partial charge in [-0.15, -0.1) is 24.8 Å². The summed E-state index contributed by atoms with van der Waals surface area (Å²) in [5, 5.41) is 3.89. The minimum atomic E-state index is 0. The first kappa shape index (κ1) is 31.7. The highest BCUT2D eigenvalue weighted by Gasteiger charge is 2.22. The summed E-state index contributed by atoms with van der Waals surface area (Å²) in [7, 11) is 5.26. The zero-order valence-corrected chi connectivity index (χ0v) is 26.4. The maximum absolute atomic E-state index is 6.41. The highest BCUT2D eigenvalue weighted by atomic mass is 35.5. The molecule has 0 unspecified atom stereocenters. The second-order valence-corrected chi connectivity index (χ2v) is 10.6. The van der Waals surface area contributed by atoms with Crippen molar-refractivity contribution in [2.75, 3.05) is 75.2 Å². The Kier molecular flexibility index (Phi) is 10.5. The van der Waals surface area contributed by atoms with E-state index in [1.165, 1.54) is 0 Å². The van der Waals surface area contributed by atoms with Gasteiger partial charge in [0.25, 0.3) is 0 Å². The Labute approximate surface area is 263 Å². The number of nitrogens with one attached hydrogen (secondary N) is 1. The van der Waals surface area contributed by atoms with E-state index in [1.807, 2.05) is 36.1 Å². The topological polar surface area (TPSA) is 83.3 Å². The van der Waals surface area contributed by atoms with Crippen molar-refractivity contribution in [1.82, 2.24) is 24.7 Å². The number of imidazole rings is 1. The summed E-state index contributed by atoms with van der Waals surface area (Å²) in [5.74, 6) is 2.06. The number of rotatable bonds is 7. The fraction of sp³-hybridized carbons (Fsp3) is 0.414. The van der Waals surface area contributed by atoms with Gasteiger partial charge in [0.2, 0.25) is 5.95 Å². The Hall–Kier alpha value is -3.18. The van der Waals surface area contributed by atoms with Gasteiger partial charge in [0, 0.05) is 81.1 Å². The van der Waals surface area contributed by atoms with Crippen molar-refractivity contribution in [1.29, 1.82) is 0 Å². The number of fused-ring (bicyclic) bond motifs is 1. The number of piperidine rings is 1. The molecule has 2 saturated heterocycles. The lowest BCUT2D eigenvalue weighted by Gasteiger charge is -2.37. The molecule has 13 heteroatoms. The van der Waals surface area contributed by atoms with E-state index in [0.717, 1.165) is 86.3 Å². The third kappa shape index (κ3) is 6.41. The van der Waals surface area contributed by atoms with Crippen molar-refractivity contribution in [3.05, 3.63) is 54.1 Å². The summed E-state index contributed by atoms with van der Waals surface area (Å²) in [6.07, 6.45) is 10.2. The average molecular weight is 636 g/mol. The molecule has 3 aromatic heterocycles. The summed E-state index contributed by atoms with van der Waals surface area (Å²) in [6.45, 7) is 5.61. The number of aromatic nitrogens is 4. The molecule has 0 atom stereocenters. The average Bonchev–Trinajstić information content (AvgIpc) is 3.44. The Bertz CT molecular complexity index is 1470. The van der Waals surface area contributed by atoms with Gasteiger partial charge in [-0.05, 0) is 32.0 Å². The van der Waals surface area contributed by atoms with Crippen LogP contribution in [0.25, 0.3) is 16.9 Å². The van der Waals surface area contributed by atoms with Gasteiger partial charge in [-0.2, -0.15) is 0 Å². The Balaban J connectivity index is 0.00000202. The van der Waals surface area contributed by atoms with Gasteiger partial charge >= 0.3 is 0 Å². The summed E-state index contributed by atoms with van der Waals surface area (Å²) < 4.78 is 12.9. The van der Waals surface area contributed by atoms with Crippen LogP contribution in [0.15, 0.2) is 49.1 Å². The van der Waals surface area contributed by atoms with Gasteiger partial charge in [0.1, 0.15) is 17.1 Å². The third-order valence-corrected chi connectivity index (χ3v) is 8.31. The maximum atomic E-state index is 6.41. The molecule has 2 aliphatic rings. The zero-order chi connectivity index (χ0) is 27.6. The van der Waals surface area contributed by atoms with Crippen molar-refractivity contribution in [3.63, 3.8) is 0 Å². The predicted molar refractivity (Wildman–Crippen MR) is 174 cm³/mol. The highest BCUT2D eigenvalue weighted by molar-refractivity contribution is 6.32. The van der Waals surface area contributed by atoms with E-state index in [-0.39, 0.29) is 24.8 Å². The number of piperazine rings is 1. The van der Waals surface area contributed by atoms with Gasteiger partial charge in [-0.25, -0.2) is 15.0 Å². The van der Waals surface area contributed by atoms with Crippen LogP contribution in [0.3, 0.4) is 0 Å². The number of nitrogens with zero attached hydrogens (tertiary/aromatic N) is 7. The molecular weight excluding hydrogens is 599 g/mol. The monoisotopic (exact) mass is 634 g/mol. The number of hydrogen-bond donors (Lipinski definition) is 1. The maximum Gasteiger partial charge on any atom is 0.225 e. The van der Waals surface area contributed by atoms with Crippen molar-refractivity contribution in [2.24, 2.45) is 0 Å². The van der Waals surface area contributed by atoms with Crippen molar-refractivity contribution >= 4 is 59.4 Å². The lowest BCUT2D eigenvalue weighted by Crippen LogP contribution is -2.46. The second kappa shape index (κ2) is 13.9. The SMILES string of the molecule is CNC1CCN(c2ncc(N3CCN(c4ccn5cc(-c6cc(Cl)c(OC)cc6OC)nc5c4)CC3)cn2)CC1.Cl.Cl. The van der Waals surface area contributed by atoms with E-state index in [0.29, 0.717) is 22.6 Å². The molecule has 1 aromatic carbocycles. The third-order valence-electron chi connectivity index (χ3n) is 8.01. The minimum Gasteiger partial charge on any atom is -0.496 e. The van der Waals surface area contributed by atoms with Gasteiger partial charge in [-0.1, -0.05) is 11.6 Å². The fourth-order valence-electron chi connectivity index (χ4n) is 5.59. The molecule has 42 heavy (non-hydrogen) atoms. The van der Waals surface area contributed by atoms with E-state index >= 15 is 0 Å². The molecule has 0 spiro atoms. The van der Waals surface area contributed by atoms with Crippen LogP contribution in [0.1, 0.15) is 12.8 Å². The van der Waals surface area contributed by atoms with E-state index in [9.17, 15) is 0 Å². The molecule has 1 N–H and O–H groups in total. The molecule has 5 heterocycles. The minimum absolute atomic E-state index is 0. The van der Waals surface area contributed by atoms with Crippen LogP contribution in [-0.2, 0) is 0 Å². The molecule has 0 radical (unpaired) electrons. The standard InChI is InChI=1S/C29H35ClN8O2.2ClH/c1-31-20-4-7-37(8-5-20)29-32-17-22(18-33-29)36-12-10-35(11-13-36)21-6-9-38-19-25(34-28(38)14-21)23-15-24(30)27(40-3)16-26(23)39-2;;/h6,9,14-20,31H,4-5,7-8,10-13H2,1-3H3;2*1H. The Morgan fingerprint density at radius 2 is 1.48 bits per heavy atom. The first-order valence-corrected chi connectivity index (χ1v) is 14.1. The van der Waals surface area contributed by atoms with Crippen LogP contribution in [0, 0.1) is 0 Å². The molecule has 0 saturated carbocycles. The Morgan fingerprint density at radius 3 is 2.10 bits per heavy atom. The molecule has 0 aliphatic carbocycles. The number of ether oxygens (including phenoxy) is 2. The number of pyridine rings is 1. The van der Waals surface area contributed by atoms with Crippen LogP contribution in [0.2, 0.25) is 5.02 Å². The molecule has 6 rings (SSSR count). The van der Waals surface area contributed by atoms with Crippen LogP contribution < -0.4 is 29.5 Å². The van der Waals surface area contributed by atoms with Gasteiger partial charge < -0.3 is 33.9 Å². The summed E-state index contributed by atoms with van der Waals surface area (Å²) >= 11 is 6.41. The van der Waals surface area contributed by atoms with Crippen LogP contribution >= 0.6 is 36.4 Å². The van der Waals surface area contributed by atoms with E-state index in [4.69, 9.17) is 36.0 Å². The molecule has 4 aromatic rings. The van der Waals surface area contributed by atoms with Gasteiger partial charge in [-0.3, -0.25) is 0 Å². The number of benzene rings is 1. The van der Waals surface area contributed by atoms with Crippen molar-refractivity contribution in [3.8, 4) is 22.8 Å². The number of halogens is 3. The number of anilines is 3. The quantitative estimate of drug-likeness (QED) is 0.307. The second-order valence-electron chi connectivity index (χ2n) is 10.2. The molecular formula is C29H37Cl3N8O2. The summed E-state index contributed by atoms with van der Waals surface area (Å²) in [5.41, 5.74) is 4.71. The molecule has 2 fully saturated rings. The Morgan fingerprint density at radius 1 is 0.833 bits per heavy atom. The van der Waals surface area contributed by atoms with Crippen molar-refractivity contribution < 1.29 is 9.47 Å². The lowest BCUT2D eigenvalue weighted by atomic mass is 10.1. The van der Waals surface area contributed by atoms with Crippen LogP contribution in [-0.4, -0.2) is 85.9 Å². The van der Waals surface area contributed by atoms with Gasteiger partial charge in [0.15, 0.2) is 0 Å². The zero-order valence-electron chi connectivity index (χ0n) is 24.0. The first-order valence-electron chi connectivity index (χ1n) is 13.7.